The highest BCUT2D eigenvalue weighted by atomic mass is 15.2. The number of aromatic nitrogens is 1. The largest absolute Gasteiger partial charge is 0.350 e. The molecule has 2 aromatic rings. The van der Waals surface area contributed by atoms with E-state index in [2.05, 4.69) is 58.3 Å². The Hall–Kier alpha value is -1.58. The minimum absolute atomic E-state index is 0.576. The quantitative estimate of drug-likeness (QED) is 0.904. The molecule has 1 aromatic heterocycles. The van der Waals surface area contributed by atoms with Crippen LogP contribution in [-0.2, 0) is 13.1 Å². The molecule has 3 nitrogen and oxygen atoms in total. The number of benzene rings is 1. The number of hydrogen-bond donors (Lipinski definition) is 1. The smallest absolute Gasteiger partial charge is 0.0470 e. The van der Waals surface area contributed by atoms with E-state index in [1.54, 1.807) is 0 Å². The molecule has 0 amide bonds. The summed E-state index contributed by atoms with van der Waals surface area (Å²) in [4.78, 5) is 2.52. The summed E-state index contributed by atoms with van der Waals surface area (Å²) in [5, 5.41) is 0. The van der Waals surface area contributed by atoms with Gasteiger partial charge in [-0.3, -0.25) is 4.90 Å². The van der Waals surface area contributed by atoms with Crippen molar-refractivity contribution in [1.29, 1.82) is 0 Å². The number of nitrogens with zero attached hydrogens (tertiary/aromatic N) is 2. The molecule has 1 saturated heterocycles. The van der Waals surface area contributed by atoms with Gasteiger partial charge in [0.2, 0.25) is 0 Å². The SMILES string of the molecule is NC[C@@H]1CCCN1Cc1ccn(Cc2ccccc2)c1. The summed E-state index contributed by atoms with van der Waals surface area (Å²) >= 11 is 0. The van der Waals surface area contributed by atoms with Gasteiger partial charge in [0.25, 0.3) is 0 Å². The zero-order valence-corrected chi connectivity index (χ0v) is 11.9. The lowest BCUT2D eigenvalue weighted by atomic mass is 10.2. The molecule has 0 radical (unpaired) electrons. The zero-order chi connectivity index (χ0) is 13.8. The first-order chi connectivity index (χ1) is 9.85. The first-order valence-electron chi connectivity index (χ1n) is 7.48. The van der Waals surface area contributed by atoms with Crippen LogP contribution < -0.4 is 5.73 Å². The van der Waals surface area contributed by atoms with Gasteiger partial charge in [0.1, 0.15) is 0 Å². The summed E-state index contributed by atoms with van der Waals surface area (Å²) in [5.41, 5.74) is 8.57. The van der Waals surface area contributed by atoms with Gasteiger partial charge >= 0.3 is 0 Å². The van der Waals surface area contributed by atoms with E-state index in [0.29, 0.717) is 6.04 Å². The van der Waals surface area contributed by atoms with Crippen LogP contribution in [0.1, 0.15) is 24.0 Å². The van der Waals surface area contributed by atoms with E-state index in [0.717, 1.165) is 19.6 Å². The van der Waals surface area contributed by atoms with Crippen LogP contribution in [0.5, 0.6) is 0 Å². The van der Waals surface area contributed by atoms with Gasteiger partial charge in [-0.25, -0.2) is 0 Å². The van der Waals surface area contributed by atoms with Gasteiger partial charge < -0.3 is 10.3 Å². The highest BCUT2D eigenvalue weighted by molar-refractivity contribution is 5.17. The van der Waals surface area contributed by atoms with E-state index in [1.165, 1.54) is 30.5 Å². The molecule has 20 heavy (non-hydrogen) atoms. The molecule has 1 aliphatic rings. The molecule has 2 N–H and O–H groups in total. The minimum Gasteiger partial charge on any atom is -0.350 e. The summed E-state index contributed by atoms with van der Waals surface area (Å²) in [7, 11) is 0. The van der Waals surface area contributed by atoms with Crippen molar-refractivity contribution in [3.8, 4) is 0 Å². The Morgan fingerprint density at radius 3 is 2.70 bits per heavy atom. The first kappa shape index (κ1) is 13.4. The van der Waals surface area contributed by atoms with Crippen molar-refractivity contribution in [3.63, 3.8) is 0 Å². The molecule has 1 aromatic carbocycles. The van der Waals surface area contributed by atoms with Crippen LogP contribution in [-0.4, -0.2) is 28.6 Å². The van der Waals surface area contributed by atoms with Crippen molar-refractivity contribution in [1.82, 2.24) is 9.47 Å². The summed E-state index contributed by atoms with van der Waals surface area (Å²) in [6, 6.07) is 13.4. The predicted molar refractivity (Wildman–Crippen MR) is 82.5 cm³/mol. The molecule has 0 unspecified atom stereocenters. The van der Waals surface area contributed by atoms with Crippen LogP contribution in [0.4, 0.5) is 0 Å². The van der Waals surface area contributed by atoms with E-state index in [9.17, 15) is 0 Å². The van der Waals surface area contributed by atoms with Crippen molar-refractivity contribution in [2.75, 3.05) is 13.1 Å². The molecule has 0 saturated carbocycles. The maximum absolute atomic E-state index is 5.84. The lowest BCUT2D eigenvalue weighted by molar-refractivity contribution is 0.250. The molecule has 1 fully saturated rings. The molecule has 0 spiro atoms. The molecular weight excluding hydrogens is 246 g/mol. The van der Waals surface area contributed by atoms with Gasteiger partial charge in [0, 0.05) is 38.1 Å². The Morgan fingerprint density at radius 2 is 1.90 bits per heavy atom. The Morgan fingerprint density at radius 1 is 1.05 bits per heavy atom. The Kier molecular flexibility index (Phi) is 4.19. The second-order valence-corrected chi connectivity index (χ2v) is 5.68. The molecular formula is C17H23N3. The lowest BCUT2D eigenvalue weighted by Gasteiger charge is -2.22. The highest BCUT2D eigenvalue weighted by Crippen LogP contribution is 2.19. The van der Waals surface area contributed by atoms with E-state index in [1.807, 2.05) is 0 Å². The molecule has 2 heterocycles. The van der Waals surface area contributed by atoms with Gasteiger partial charge in [-0.2, -0.15) is 0 Å². The van der Waals surface area contributed by atoms with Crippen LogP contribution in [0.3, 0.4) is 0 Å². The lowest BCUT2D eigenvalue weighted by Crippen LogP contribution is -2.34. The second kappa shape index (κ2) is 6.25. The second-order valence-electron chi connectivity index (χ2n) is 5.68. The van der Waals surface area contributed by atoms with Crippen LogP contribution >= 0.6 is 0 Å². The number of likely N-dealkylation sites (tertiary alicyclic amines) is 1. The highest BCUT2D eigenvalue weighted by Gasteiger charge is 2.22. The summed E-state index contributed by atoms with van der Waals surface area (Å²) in [6.45, 7) is 3.95. The van der Waals surface area contributed by atoms with E-state index >= 15 is 0 Å². The fraction of sp³-hybridized carbons (Fsp3) is 0.412. The minimum atomic E-state index is 0.576. The molecule has 1 aliphatic heterocycles. The Bertz CT molecular complexity index is 532. The molecule has 0 aliphatic carbocycles. The topological polar surface area (TPSA) is 34.2 Å². The number of nitrogens with two attached hydrogens (primary N) is 1. The summed E-state index contributed by atoms with van der Waals surface area (Å²) in [6.07, 6.45) is 6.97. The molecule has 106 valence electrons. The first-order valence-corrected chi connectivity index (χ1v) is 7.48. The monoisotopic (exact) mass is 269 g/mol. The zero-order valence-electron chi connectivity index (χ0n) is 11.9. The standard InChI is InChI=1S/C17H23N3/c18-11-17-7-4-9-20(17)14-16-8-10-19(13-16)12-15-5-2-1-3-6-15/h1-3,5-6,8,10,13,17H,4,7,9,11-12,14,18H2/t17-/m0/s1. The van der Waals surface area contributed by atoms with Gasteiger partial charge in [0.15, 0.2) is 0 Å². The molecule has 1 atom stereocenters. The average Bonchev–Trinajstić information content (AvgIpc) is 3.10. The fourth-order valence-corrected chi connectivity index (χ4v) is 3.08. The fourth-order valence-electron chi connectivity index (χ4n) is 3.08. The van der Waals surface area contributed by atoms with Crippen molar-refractivity contribution in [2.45, 2.75) is 32.0 Å². The van der Waals surface area contributed by atoms with Crippen LogP contribution in [0, 0.1) is 0 Å². The van der Waals surface area contributed by atoms with Gasteiger partial charge in [-0.05, 0) is 36.6 Å². The Labute approximate surface area is 121 Å². The normalized spacial score (nSPS) is 19.6. The van der Waals surface area contributed by atoms with E-state index < -0.39 is 0 Å². The maximum Gasteiger partial charge on any atom is 0.0470 e. The van der Waals surface area contributed by atoms with Crippen molar-refractivity contribution >= 4 is 0 Å². The maximum atomic E-state index is 5.84. The Balaban J connectivity index is 1.62. The van der Waals surface area contributed by atoms with Gasteiger partial charge in [-0.15, -0.1) is 0 Å². The van der Waals surface area contributed by atoms with E-state index in [-0.39, 0.29) is 0 Å². The molecule has 3 heteroatoms. The predicted octanol–water partition coefficient (Wildman–Crippen LogP) is 2.46. The third-order valence-corrected chi connectivity index (χ3v) is 4.18. The van der Waals surface area contributed by atoms with Crippen molar-refractivity contribution in [3.05, 3.63) is 59.9 Å². The summed E-state index contributed by atoms with van der Waals surface area (Å²) < 4.78 is 2.26. The summed E-state index contributed by atoms with van der Waals surface area (Å²) in [5.74, 6) is 0. The van der Waals surface area contributed by atoms with Gasteiger partial charge in [0.05, 0.1) is 0 Å². The van der Waals surface area contributed by atoms with Gasteiger partial charge in [-0.1, -0.05) is 30.3 Å². The van der Waals surface area contributed by atoms with E-state index in [4.69, 9.17) is 5.73 Å². The third kappa shape index (κ3) is 3.11. The third-order valence-electron chi connectivity index (χ3n) is 4.18. The molecule has 0 bridgehead atoms. The van der Waals surface area contributed by atoms with Crippen molar-refractivity contribution < 1.29 is 0 Å². The number of rotatable bonds is 5. The van der Waals surface area contributed by atoms with Crippen LogP contribution in [0.25, 0.3) is 0 Å². The molecule has 3 rings (SSSR count). The average molecular weight is 269 g/mol. The van der Waals surface area contributed by atoms with Crippen LogP contribution in [0.2, 0.25) is 0 Å². The number of hydrogen-bond acceptors (Lipinski definition) is 2. The van der Waals surface area contributed by atoms with Crippen LogP contribution in [0.15, 0.2) is 48.8 Å². The van der Waals surface area contributed by atoms with Crippen molar-refractivity contribution in [2.24, 2.45) is 5.73 Å².